The Labute approximate surface area is 187 Å². The summed E-state index contributed by atoms with van der Waals surface area (Å²) in [5, 5.41) is 11.9. The van der Waals surface area contributed by atoms with Gasteiger partial charge < -0.3 is 25.9 Å². The number of carbonyl (C=O) groups is 2. The highest BCUT2D eigenvalue weighted by atomic mass is 16.5. The smallest absolute Gasteiger partial charge is 0.326 e. The minimum Gasteiger partial charge on any atom is -0.493 e. The predicted octanol–water partition coefficient (Wildman–Crippen LogP) is 2.27. The molecule has 5 N–H and O–H groups in total. The van der Waals surface area contributed by atoms with Gasteiger partial charge >= 0.3 is 5.97 Å². The minimum atomic E-state index is -1.12. The molecule has 174 valence electrons. The quantitative estimate of drug-likeness (QED) is 0.392. The lowest BCUT2D eigenvalue weighted by molar-refractivity contribution is -0.139. The summed E-state index contributed by atoms with van der Waals surface area (Å²) in [7, 11) is 0. The minimum absolute atomic E-state index is 0.224. The van der Waals surface area contributed by atoms with E-state index >= 15 is 0 Å². The molecule has 0 aliphatic heterocycles. The van der Waals surface area contributed by atoms with Gasteiger partial charge in [0.1, 0.15) is 17.6 Å². The first-order valence-electron chi connectivity index (χ1n) is 11.0. The number of aryl methyl sites for hydroxylation is 1. The number of nitrogens with two attached hydrogens (primary N) is 1. The van der Waals surface area contributed by atoms with E-state index in [1.165, 1.54) is 0 Å². The summed E-state index contributed by atoms with van der Waals surface area (Å²) in [6.45, 7) is 6.59. The van der Waals surface area contributed by atoms with Crippen LogP contribution in [0.2, 0.25) is 0 Å². The summed E-state index contributed by atoms with van der Waals surface area (Å²) in [5.41, 5.74) is 7.26. The third kappa shape index (κ3) is 6.16. The topological polar surface area (TPSA) is 147 Å². The van der Waals surface area contributed by atoms with Crippen LogP contribution in [0.15, 0.2) is 23.0 Å². The number of nitrogens with one attached hydrogen (secondary N) is 2. The van der Waals surface area contributed by atoms with Crippen molar-refractivity contribution in [2.75, 3.05) is 13.2 Å². The third-order valence-electron chi connectivity index (χ3n) is 5.05. The fourth-order valence-electron chi connectivity index (χ4n) is 3.34. The second kappa shape index (κ2) is 12.0. The number of carboxylic acids is 1. The maximum absolute atomic E-state index is 12.8. The average Bonchev–Trinajstić information content (AvgIpc) is 2.79. The number of amides is 1. The van der Waals surface area contributed by atoms with E-state index < -0.39 is 17.9 Å². The second-order valence-corrected chi connectivity index (χ2v) is 7.40. The van der Waals surface area contributed by atoms with Gasteiger partial charge in [0.25, 0.3) is 11.5 Å². The molecule has 1 unspecified atom stereocenters. The number of hydrogen-bond acceptors (Lipinski definition) is 6. The second-order valence-electron chi connectivity index (χ2n) is 7.40. The van der Waals surface area contributed by atoms with E-state index in [-0.39, 0.29) is 17.5 Å². The maximum Gasteiger partial charge on any atom is 0.326 e. The normalized spacial score (nSPS) is 11.8. The average molecular weight is 445 g/mol. The van der Waals surface area contributed by atoms with Gasteiger partial charge in [-0.05, 0) is 56.8 Å². The molecule has 0 aliphatic rings. The van der Waals surface area contributed by atoms with Gasteiger partial charge in [0.05, 0.1) is 17.9 Å². The lowest BCUT2D eigenvalue weighted by Crippen LogP contribution is -2.41. The highest BCUT2D eigenvalue weighted by Crippen LogP contribution is 2.29. The molecule has 9 nitrogen and oxygen atoms in total. The number of benzene rings is 1. The lowest BCUT2D eigenvalue weighted by Gasteiger charge is -2.16. The number of nitrogens with zero attached hydrogens (tertiary/aromatic N) is 1. The predicted molar refractivity (Wildman–Crippen MR) is 122 cm³/mol. The highest BCUT2D eigenvalue weighted by molar-refractivity contribution is 5.98. The Kier molecular flexibility index (Phi) is 9.39. The molecule has 0 saturated carbocycles. The Hall–Kier alpha value is -3.20. The maximum atomic E-state index is 12.8. The number of rotatable bonds is 12. The van der Waals surface area contributed by atoms with E-state index in [0.29, 0.717) is 60.8 Å². The van der Waals surface area contributed by atoms with Crippen LogP contribution in [0, 0.1) is 0 Å². The van der Waals surface area contributed by atoms with Crippen molar-refractivity contribution in [1.82, 2.24) is 15.3 Å². The molecule has 0 saturated heterocycles. The molecule has 2 aromatic rings. The number of hydrogen-bond donors (Lipinski definition) is 4. The summed E-state index contributed by atoms with van der Waals surface area (Å²) < 4.78 is 5.82. The third-order valence-corrected chi connectivity index (χ3v) is 5.05. The molecule has 0 radical (unpaired) electrons. The van der Waals surface area contributed by atoms with Gasteiger partial charge in [-0.2, -0.15) is 0 Å². The standard InChI is InChI=1S/C23H32N4O5/c1-4-12-32-19-10-9-14(21(28)26-18(23(30)31)8-7-11-24)13-16(19)20-25-17(6-3)15(5-2)22(29)27-20/h9-10,13,18H,4-8,11-12,24H2,1-3H3,(H,26,28)(H,30,31)(H,25,27,29). The number of aromatic nitrogens is 2. The van der Waals surface area contributed by atoms with Crippen molar-refractivity contribution in [3.8, 4) is 17.1 Å². The van der Waals surface area contributed by atoms with Gasteiger partial charge in [0, 0.05) is 11.1 Å². The summed E-state index contributed by atoms with van der Waals surface area (Å²) in [5.74, 6) is -0.872. The molecular weight excluding hydrogens is 412 g/mol. The first-order chi connectivity index (χ1) is 15.4. The molecule has 1 heterocycles. The van der Waals surface area contributed by atoms with Crippen LogP contribution in [-0.4, -0.2) is 46.1 Å². The first-order valence-corrected chi connectivity index (χ1v) is 11.0. The van der Waals surface area contributed by atoms with Crippen LogP contribution in [0.5, 0.6) is 5.75 Å². The van der Waals surface area contributed by atoms with E-state index in [1.807, 2.05) is 20.8 Å². The Morgan fingerprint density at radius 2 is 2.00 bits per heavy atom. The van der Waals surface area contributed by atoms with Crippen molar-refractivity contribution in [3.63, 3.8) is 0 Å². The fourth-order valence-corrected chi connectivity index (χ4v) is 3.34. The molecule has 0 bridgehead atoms. The van der Waals surface area contributed by atoms with Gasteiger partial charge in [-0.3, -0.25) is 9.59 Å². The zero-order valence-electron chi connectivity index (χ0n) is 18.9. The van der Waals surface area contributed by atoms with E-state index in [1.54, 1.807) is 18.2 Å². The van der Waals surface area contributed by atoms with Crippen molar-refractivity contribution < 1.29 is 19.4 Å². The molecule has 9 heteroatoms. The number of H-pyrrole nitrogens is 1. The fraction of sp³-hybridized carbons (Fsp3) is 0.478. The van der Waals surface area contributed by atoms with Crippen LogP contribution in [0.4, 0.5) is 0 Å². The van der Waals surface area contributed by atoms with Crippen LogP contribution >= 0.6 is 0 Å². The molecular formula is C23H32N4O5. The van der Waals surface area contributed by atoms with Crippen molar-refractivity contribution in [1.29, 1.82) is 0 Å². The molecule has 0 fully saturated rings. The van der Waals surface area contributed by atoms with Gasteiger partial charge in [0.2, 0.25) is 0 Å². The van der Waals surface area contributed by atoms with Gasteiger partial charge in [-0.1, -0.05) is 20.8 Å². The summed E-state index contributed by atoms with van der Waals surface area (Å²) in [4.78, 5) is 44.3. The van der Waals surface area contributed by atoms with Crippen molar-refractivity contribution in [2.24, 2.45) is 5.73 Å². The van der Waals surface area contributed by atoms with E-state index in [2.05, 4.69) is 15.3 Å². The molecule has 1 amide bonds. The van der Waals surface area contributed by atoms with Crippen LogP contribution < -0.4 is 21.3 Å². The molecule has 0 aliphatic carbocycles. The number of ether oxygens (including phenoxy) is 1. The van der Waals surface area contributed by atoms with Crippen LogP contribution in [-0.2, 0) is 17.6 Å². The Bertz CT molecular complexity index is 1000. The van der Waals surface area contributed by atoms with Crippen LogP contribution in [0.25, 0.3) is 11.4 Å². The first kappa shape index (κ1) is 25.1. The molecule has 1 aromatic heterocycles. The van der Waals surface area contributed by atoms with E-state index in [0.717, 1.165) is 6.42 Å². The molecule has 1 aromatic carbocycles. The summed E-state index contributed by atoms with van der Waals surface area (Å²) in [6.07, 6.45) is 2.64. The zero-order valence-corrected chi connectivity index (χ0v) is 18.9. The lowest BCUT2D eigenvalue weighted by atomic mass is 10.1. The van der Waals surface area contributed by atoms with E-state index in [4.69, 9.17) is 10.5 Å². The number of aliphatic carboxylic acids is 1. The van der Waals surface area contributed by atoms with Crippen LogP contribution in [0.1, 0.15) is 61.6 Å². The van der Waals surface area contributed by atoms with Crippen molar-refractivity contribution in [3.05, 3.63) is 45.4 Å². The van der Waals surface area contributed by atoms with E-state index in [9.17, 15) is 19.5 Å². The summed E-state index contributed by atoms with van der Waals surface area (Å²) in [6, 6.07) is 3.71. The van der Waals surface area contributed by atoms with Gasteiger partial charge in [0.15, 0.2) is 0 Å². The number of carbonyl (C=O) groups excluding carboxylic acids is 1. The molecule has 32 heavy (non-hydrogen) atoms. The Morgan fingerprint density at radius 1 is 1.25 bits per heavy atom. The van der Waals surface area contributed by atoms with Crippen molar-refractivity contribution in [2.45, 2.75) is 58.9 Å². The Morgan fingerprint density at radius 3 is 2.59 bits per heavy atom. The Balaban J connectivity index is 2.49. The van der Waals surface area contributed by atoms with Gasteiger partial charge in [-0.25, -0.2) is 9.78 Å². The SMILES string of the molecule is CCCOc1ccc(C(=O)NC(CCCN)C(=O)O)cc1-c1nc(CC)c(CC)c(=O)[nH]1. The number of aromatic amines is 1. The van der Waals surface area contributed by atoms with Crippen molar-refractivity contribution >= 4 is 11.9 Å². The summed E-state index contributed by atoms with van der Waals surface area (Å²) >= 11 is 0. The molecule has 0 spiro atoms. The number of carboxylic acid groups (broad SMARTS) is 1. The largest absolute Gasteiger partial charge is 0.493 e. The van der Waals surface area contributed by atoms with Gasteiger partial charge in [-0.15, -0.1) is 0 Å². The molecule has 1 atom stereocenters. The highest BCUT2D eigenvalue weighted by Gasteiger charge is 2.22. The monoisotopic (exact) mass is 444 g/mol. The molecule has 2 rings (SSSR count). The zero-order chi connectivity index (χ0) is 23.7. The van der Waals surface area contributed by atoms with Crippen LogP contribution in [0.3, 0.4) is 0 Å².